The lowest BCUT2D eigenvalue weighted by Crippen LogP contribution is -2.44. The van der Waals surface area contributed by atoms with Gasteiger partial charge in [0.15, 0.2) is 16.6 Å². The molecule has 1 aliphatic rings. The maximum atomic E-state index is 13.3. The maximum Gasteiger partial charge on any atom is 0.320 e. The van der Waals surface area contributed by atoms with E-state index in [9.17, 15) is 19.2 Å². The van der Waals surface area contributed by atoms with E-state index in [0.717, 1.165) is 0 Å². The van der Waals surface area contributed by atoms with Crippen LogP contribution in [0.25, 0.3) is 16.2 Å². The highest BCUT2D eigenvalue weighted by atomic mass is 32.1. The van der Waals surface area contributed by atoms with Crippen LogP contribution in [0, 0.1) is 0 Å². The number of hydrogen-bond donors (Lipinski definition) is 1. The fraction of sp³-hybridized carbons (Fsp3) is 0.481. The van der Waals surface area contributed by atoms with Crippen molar-refractivity contribution in [2.24, 2.45) is 0 Å². The van der Waals surface area contributed by atoms with Crippen LogP contribution < -0.4 is 15.6 Å². The van der Waals surface area contributed by atoms with Gasteiger partial charge in [-0.15, -0.1) is 11.3 Å². The average Bonchev–Trinajstić information content (AvgIpc) is 3.57. The van der Waals surface area contributed by atoms with Gasteiger partial charge < -0.3 is 19.1 Å². The highest BCUT2D eigenvalue weighted by molar-refractivity contribution is 7.12. The number of nitrogens with one attached hydrogen (secondary N) is 1. The third-order valence-corrected chi connectivity index (χ3v) is 6.96. The third-order valence-electron chi connectivity index (χ3n) is 6.19. The third kappa shape index (κ3) is 6.72. The fourth-order valence-electron chi connectivity index (χ4n) is 4.47. The molecule has 0 spiro atoms. The Hall–Kier alpha value is -3.68. The Bertz CT molecular complexity index is 1450. The Morgan fingerprint density at radius 1 is 1.18 bits per heavy atom. The van der Waals surface area contributed by atoms with E-state index >= 15 is 0 Å². The van der Waals surface area contributed by atoms with E-state index in [-0.39, 0.29) is 42.2 Å². The number of Topliss-reactive ketones (excluding diaryl/α,β-unsaturated/α-hetero) is 1. The van der Waals surface area contributed by atoms with Crippen LogP contribution in [0.5, 0.6) is 0 Å². The number of rotatable bonds is 10. The van der Waals surface area contributed by atoms with Crippen molar-refractivity contribution >= 4 is 45.9 Å². The van der Waals surface area contributed by atoms with Crippen molar-refractivity contribution in [2.45, 2.75) is 51.9 Å². The number of nitrogens with zero attached hydrogens (tertiary/aromatic N) is 4. The van der Waals surface area contributed by atoms with Gasteiger partial charge in [0.25, 0.3) is 0 Å². The van der Waals surface area contributed by atoms with Crippen LogP contribution in [0.3, 0.4) is 0 Å². The van der Waals surface area contributed by atoms with Gasteiger partial charge >= 0.3 is 11.9 Å². The molecule has 40 heavy (non-hydrogen) atoms. The van der Waals surface area contributed by atoms with Crippen LogP contribution in [0.15, 0.2) is 34.7 Å². The Morgan fingerprint density at radius 2 is 1.95 bits per heavy atom. The number of esters is 2. The molecule has 1 aliphatic heterocycles. The van der Waals surface area contributed by atoms with Crippen LogP contribution in [-0.4, -0.2) is 83.4 Å². The van der Waals surface area contributed by atoms with Crippen LogP contribution in [0.1, 0.15) is 44.5 Å². The second-order valence-electron chi connectivity index (χ2n) is 10.3. The summed E-state index contributed by atoms with van der Waals surface area (Å²) in [5.41, 5.74) is -0.919. The van der Waals surface area contributed by atoms with Crippen molar-refractivity contribution in [1.82, 2.24) is 19.9 Å². The lowest BCUT2D eigenvalue weighted by molar-refractivity contribution is -0.153. The minimum Gasteiger partial charge on any atom is -0.466 e. The first kappa shape index (κ1) is 29.3. The van der Waals surface area contributed by atoms with E-state index in [1.54, 1.807) is 42.3 Å². The van der Waals surface area contributed by atoms with Crippen molar-refractivity contribution < 1.29 is 28.6 Å². The molecule has 4 heterocycles. The lowest BCUT2D eigenvalue weighted by atomic mass is 10.1. The zero-order valence-corrected chi connectivity index (χ0v) is 23.9. The zero-order valence-electron chi connectivity index (χ0n) is 23.1. The topological polar surface area (TPSA) is 142 Å². The summed E-state index contributed by atoms with van der Waals surface area (Å²) in [5.74, 6) is -1.10. The summed E-state index contributed by atoms with van der Waals surface area (Å²) in [6.07, 6.45) is 2.24. The van der Waals surface area contributed by atoms with Gasteiger partial charge in [-0.1, -0.05) is 0 Å². The van der Waals surface area contributed by atoms with Crippen molar-refractivity contribution in [1.29, 1.82) is 0 Å². The second-order valence-corrected chi connectivity index (χ2v) is 11.1. The van der Waals surface area contributed by atoms with Crippen LogP contribution in [0.2, 0.25) is 0 Å². The van der Waals surface area contributed by atoms with E-state index in [0.29, 0.717) is 29.7 Å². The molecular weight excluding hydrogens is 538 g/mol. The number of pyridine rings is 2. The number of aromatic nitrogens is 3. The van der Waals surface area contributed by atoms with Crippen molar-refractivity contribution in [3.63, 3.8) is 0 Å². The molecule has 3 aromatic rings. The molecular formula is C27H33N5O7S. The summed E-state index contributed by atoms with van der Waals surface area (Å²) in [4.78, 5) is 61.5. The number of carbonyl (C=O) groups is 3. The van der Waals surface area contributed by atoms with Crippen LogP contribution in [-0.2, 0) is 23.8 Å². The molecule has 0 aliphatic carbocycles. The molecule has 0 radical (unpaired) electrons. The Kier molecular flexibility index (Phi) is 8.96. The molecule has 3 aromatic heterocycles. The second kappa shape index (κ2) is 12.2. The number of ether oxygens (including phenoxy) is 3. The normalized spacial score (nSPS) is 17.3. The Labute approximate surface area is 235 Å². The number of methoxy groups -OCH3 is 1. The Balaban J connectivity index is 1.64. The number of hydrogen-bond acceptors (Lipinski definition) is 12. The molecule has 0 aromatic carbocycles. The van der Waals surface area contributed by atoms with Gasteiger partial charge in [0.05, 0.1) is 36.2 Å². The smallest absolute Gasteiger partial charge is 0.320 e. The molecule has 0 unspecified atom stereocenters. The molecule has 2 atom stereocenters. The SMILES string of the molecule is CCOC(=O)CC(=O)c1cn(-c2nccs2)c2nc(N3C[C@@H](NCC(=O)OC(C)(C)C)[C@H](OC)C3)ccc2c1=O. The fourth-order valence-corrected chi connectivity index (χ4v) is 5.09. The molecule has 0 amide bonds. The van der Waals surface area contributed by atoms with Crippen molar-refractivity contribution in [3.05, 3.63) is 45.7 Å². The first-order chi connectivity index (χ1) is 19.0. The number of thiazole rings is 1. The number of anilines is 1. The van der Waals surface area contributed by atoms with E-state index in [2.05, 4.69) is 10.3 Å². The van der Waals surface area contributed by atoms with Gasteiger partial charge in [-0.2, -0.15) is 0 Å². The first-order valence-electron chi connectivity index (χ1n) is 12.9. The summed E-state index contributed by atoms with van der Waals surface area (Å²) < 4.78 is 17.5. The molecule has 0 saturated carbocycles. The van der Waals surface area contributed by atoms with E-state index < -0.39 is 29.2 Å². The van der Waals surface area contributed by atoms with Crippen LogP contribution in [0.4, 0.5) is 5.82 Å². The van der Waals surface area contributed by atoms with E-state index in [4.69, 9.17) is 19.2 Å². The number of fused-ring (bicyclic) bond motifs is 1. The molecule has 0 bridgehead atoms. The first-order valence-corrected chi connectivity index (χ1v) is 13.8. The highest BCUT2D eigenvalue weighted by Gasteiger charge is 2.34. The van der Waals surface area contributed by atoms with Gasteiger partial charge in [0.1, 0.15) is 17.8 Å². The molecule has 214 valence electrons. The van der Waals surface area contributed by atoms with Gasteiger partial charge in [-0.05, 0) is 39.8 Å². The minimum absolute atomic E-state index is 0.0347. The molecule has 1 N–H and O–H groups in total. The molecule has 1 fully saturated rings. The lowest BCUT2D eigenvalue weighted by Gasteiger charge is -2.22. The summed E-state index contributed by atoms with van der Waals surface area (Å²) in [5, 5.41) is 5.72. The van der Waals surface area contributed by atoms with Gasteiger partial charge in [-0.3, -0.25) is 29.1 Å². The quantitative estimate of drug-likeness (QED) is 0.217. The average molecular weight is 572 g/mol. The van der Waals surface area contributed by atoms with E-state index in [1.807, 2.05) is 25.7 Å². The van der Waals surface area contributed by atoms with Crippen molar-refractivity contribution in [3.8, 4) is 5.13 Å². The molecule has 12 nitrogen and oxygen atoms in total. The number of carbonyl (C=O) groups excluding carboxylic acids is 3. The number of ketones is 1. The standard InChI is InChI=1S/C27H33N5O7S/c1-6-38-22(34)11-19(33)17-13-32(26-28-9-10-40-26)25-16(24(17)36)7-8-21(30-25)31-14-18(20(15-31)37-5)29-12-23(35)39-27(2,3)4/h7-10,13,18,20,29H,6,11-12,14-15H2,1-5H3/t18-,20-/m1/s1. The monoisotopic (exact) mass is 571 g/mol. The maximum absolute atomic E-state index is 13.3. The molecule has 1 saturated heterocycles. The van der Waals surface area contributed by atoms with Gasteiger partial charge in [0.2, 0.25) is 5.43 Å². The van der Waals surface area contributed by atoms with Crippen molar-refractivity contribution in [2.75, 3.05) is 38.3 Å². The minimum atomic E-state index is -0.696. The largest absolute Gasteiger partial charge is 0.466 e. The van der Waals surface area contributed by atoms with Gasteiger partial charge in [-0.25, -0.2) is 9.97 Å². The highest BCUT2D eigenvalue weighted by Crippen LogP contribution is 2.25. The molecule has 13 heteroatoms. The van der Waals surface area contributed by atoms with Gasteiger partial charge in [0, 0.05) is 38.0 Å². The molecule has 4 rings (SSSR count). The summed E-state index contributed by atoms with van der Waals surface area (Å²) in [7, 11) is 1.61. The van der Waals surface area contributed by atoms with E-state index in [1.165, 1.54) is 17.5 Å². The Morgan fingerprint density at radius 3 is 2.60 bits per heavy atom. The summed E-state index contributed by atoms with van der Waals surface area (Å²) >= 11 is 1.31. The zero-order chi connectivity index (χ0) is 29.0. The summed E-state index contributed by atoms with van der Waals surface area (Å²) in [6, 6.07) is 3.16. The predicted molar refractivity (Wildman–Crippen MR) is 149 cm³/mol. The predicted octanol–water partition coefficient (Wildman–Crippen LogP) is 2.11. The summed E-state index contributed by atoms with van der Waals surface area (Å²) in [6.45, 7) is 8.26. The van der Waals surface area contributed by atoms with Crippen LogP contribution >= 0.6 is 11.3 Å².